The van der Waals surface area contributed by atoms with Crippen molar-refractivity contribution in [2.24, 2.45) is 0 Å². The molecule has 3 aromatic rings. The van der Waals surface area contributed by atoms with Crippen LogP contribution in [-0.4, -0.2) is 31.9 Å². The topological polar surface area (TPSA) is 119 Å². The summed E-state index contributed by atoms with van der Waals surface area (Å²) in [6.45, 7) is 3.15. The highest BCUT2D eigenvalue weighted by molar-refractivity contribution is 7.92. The van der Waals surface area contributed by atoms with Crippen molar-refractivity contribution < 1.29 is 22.9 Å². The van der Waals surface area contributed by atoms with Gasteiger partial charge in [0, 0.05) is 23.9 Å². The van der Waals surface area contributed by atoms with Gasteiger partial charge in [-0.3, -0.25) is 19.2 Å². The number of carbonyl (C=O) groups excluding carboxylic acids is 1. The van der Waals surface area contributed by atoms with Crippen molar-refractivity contribution in [3.05, 3.63) is 89.0 Å². The fourth-order valence-corrected chi connectivity index (χ4v) is 4.48. The molecule has 172 valence electrons. The molecule has 0 aliphatic heterocycles. The van der Waals surface area contributed by atoms with E-state index in [1.165, 1.54) is 30.3 Å². The fraction of sp³-hybridized carbons (Fsp3) is 0.174. The fourth-order valence-electron chi connectivity index (χ4n) is 3.05. The van der Waals surface area contributed by atoms with Gasteiger partial charge in [0.1, 0.15) is 12.3 Å². The van der Waals surface area contributed by atoms with Crippen molar-refractivity contribution in [2.45, 2.75) is 24.8 Å². The van der Waals surface area contributed by atoms with Gasteiger partial charge in [-0.05, 0) is 44.2 Å². The van der Waals surface area contributed by atoms with E-state index in [0.717, 1.165) is 10.4 Å². The van der Waals surface area contributed by atoms with Crippen LogP contribution in [0.1, 0.15) is 13.8 Å². The van der Waals surface area contributed by atoms with Crippen LogP contribution in [0.4, 0.5) is 17.1 Å². The van der Waals surface area contributed by atoms with Crippen molar-refractivity contribution in [3.8, 4) is 5.75 Å². The number of anilines is 2. The van der Waals surface area contributed by atoms with E-state index in [1.54, 1.807) is 42.5 Å². The molecule has 0 radical (unpaired) electrons. The van der Waals surface area contributed by atoms with E-state index in [4.69, 9.17) is 4.74 Å². The number of nitrogens with zero attached hydrogens (tertiary/aromatic N) is 2. The van der Waals surface area contributed by atoms with Crippen molar-refractivity contribution in [1.82, 2.24) is 0 Å². The predicted molar refractivity (Wildman–Crippen MR) is 125 cm³/mol. The molecule has 0 heterocycles. The van der Waals surface area contributed by atoms with E-state index in [2.05, 4.69) is 5.32 Å². The van der Waals surface area contributed by atoms with Gasteiger partial charge in [0.2, 0.25) is 5.91 Å². The Labute approximate surface area is 191 Å². The minimum atomic E-state index is -4.18. The SMILES string of the molecule is CC(C)Oc1cccc(NC(=O)CN(c2cccc([N+](=O)[O-])c2)S(=O)(=O)c2ccccc2)c1. The van der Waals surface area contributed by atoms with Crippen molar-refractivity contribution in [3.63, 3.8) is 0 Å². The third-order valence-electron chi connectivity index (χ3n) is 4.44. The summed E-state index contributed by atoms with van der Waals surface area (Å²) in [5.41, 5.74) is 0.133. The number of rotatable bonds is 9. The number of hydrogen-bond donors (Lipinski definition) is 1. The first kappa shape index (κ1) is 23.7. The van der Waals surface area contributed by atoms with E-state index in [0.29, 0.717) is 11.4 Å². The maximum absolute atomic E-state index is 13.3. The lowest BCUT2D eigenvalue weighted by Gasteiger charge is -2.24. The molecule has 3 aromatic carbocycles. The first-order valence-corrected chi connectivity index (χ1v) is 11.5. The van der Waals surface area contributed by atoms with Gasteiger partial charge in [0.15, 0.2) is 0 Å². The molecule has 10 heteroatoms. The molecule has 0 spiro atoms. The van der Waals surface area contributed by atoms with Crippen LogP contribution >= 0.6 is 0 Å². The molecule has 0 unspecified atom stereocenters. The molecule has 0 aromatic heterocycles. The first-order valence-electron chi connectivity index (χ1n) is 10.1. The lowest BCUT2D eigenvalue weighted by atomic mass is 10.2. The minimum absolute atomic E-state index is 0.0000879. The van der Waals surface area contributed by atoms with Gasteiger partial charge >= 0.3 is 0 Å². The Balaban J connectivity index is 1.93. The van der Waals surface area contributed by atoms with Crippen molar-refractivity contribution >= 4 is 33.0 Å². The largest absolute Gasteiger partial charge is 0.491 e. The smallest absolute Gasteiger partial charge is 0.271 e. The first-order chi connectivity index (χ1) is 15.7. The van der Waals surface area contributed by atoms with Crippen LogP contribution in [0.3, 0.4) is 0 Å². The van der Waals surface area contributed by atoms with Gasteiger partial charge in [-0.2, -0.15) is 0 Å². The summed E-state index contributed by atoms with van der Waals surface area (Å²) in [4.78, 5) is 23.4. The van der Waals surface area contributed by atoms with E-state index < -0.39 is 27.4 Å². The van der Waals surface area contributed by atoms with Gasteiger partial charge in [-0.15, -0.1) is 0 Å². The molecule has 33 heavy (non-hydrogen) atoms. The van der Waals surface area contributed by atoms with Crippen molar-refractivity contribution in [1.29, 1.82) is 0 Å². The maximum atomic E-state index is 13.3. The Morgan fingerprint density at radius 1 is 1.03 bits per heavy atom. The number of nitro groups is 1. The summed E-state index contributed by atoms with van der Waals surface area (Å²) in [6.07, 6.45) is -0.0590. The highest BCUT2D eigenvalue weighted by atomic mass is 32.2. The maximum Gasteiger partial charge on any atom is 0.271 e. The van der Waals surface area contributed by atoms with Gasteiger partial charge in [-0.25, -0.2) is 8.42 Å². The molecule has 1 amide bonds. The Hall–Kier alpha value is -3.92. The van der Waals surface area contributed by atoms with E-state index in [1.807, 2.05) is 13.8 Å². The molecule has 0 fully saturated rings. The van der Waals surface area contributed by atoms with Crippen LogP contribution in [0, 0.1) is 10.1 Å². The zero-order valence-electron chi connectivity index (χ0n) is 18.0. The summed E-state index contributed by atoms with van der Waals surface area (Å²) in [5.74, 6) is -0.0713. The lowest BCUT2D eigenvalue weighted by Crippen LogP contribution is -2.38. The average molecular weight is 470 g/mol. The second-order valence-electron chi connectivity index (χ2n) is 7.34. The zero-order valence-corrected chi connectivity index (χ0v) is 18.9. The van der Waals surface area contributed by atoms with E-state index in [9.17, 15) is 23.3 Å². The number of hydrogen-bond acceptors (Lipinski definition) is 6. The zero-order chi connectivity index (χ0) is 24.0. The van der Waals surface area contributed by atoms with Gasteiger partial charge in [-0.1, -0.05) is 30.3 Å². The van der Waals surface area contributed by atoms with Crippen LogP contribution in [0.15, 0.2) is 83.8 Å². The van der Waals surface area contributed by atoms with Gasteiger partial charge in [0.25, 0.3) is 15.7 Å². The quantitative estimate of drug-likeness (QED) is 0.370. The van der Waals surface area contributed by atoms with Crippen LogP contribution in [0.5, 0.6) is 5.75 Å². The van der Waals surface area contributed by atoms with Crippen molar-refractivity contribution in [2.75, 3.05) is 16.2 Å². The summed E-state index contributed by atoms with van der Waals surface area (Å²) < 4.78 is 33.1. The number of sulfonamides is 1. The predicted octanol–water partition coefficient (Wildman–Crippen LogP) is 4.22. The third kappa shape index (κ3) is 6.07. The summed E-state index contributed by atoms with van der Waals surface area (Å²) in [7, 11) is -4.18. The second-order valence-corrected chi connectivity index (χ2v) is 9.21. The number of ether oxygens (including phenoxy) is 1. The molecule has 0 atom stereocenters. The number of non-ortho nitro benzene ring substituents is 1. The minimum Gasteiger partial charge on any atom is -0.491 e. The molecule has 0 aliphatic rings. The van der Waals surface area contributed by atoms with E-state index in [-0.39, 0.29) is 22.4 Å². The van der Waals surface area contributed by atoms with E-state index >= 15 is 0 Å². The van der Waals surface area contributed by atoms with Crippen LogP contribution < -0.4 is 14.4 Å². The normalized spacial score (nSPS) is 11.1. The second kappa shape index (κ2) is 10.1. The number of benzene rings is 3. The Bertz CT molecular complexity index is 1250. The highest BCUT2D eigenvalue weighted by Gasteiger charge is 2.28. The molecule has 1 N–H and O–H groups in total. The summed E-state index contributed by atoms with van der Waals surface area (Å²) in [5, 5.41) is 13.9. The number of carbonyl (C=O) groups is 1. The molecule has 0 bridgehead atoms. The molecule has 0 saturated carbocycles. The number of nitrogens with one attached hydrogen (secondary N) is 1. The molecule has 3 rings (SSSR count). The molecule has 9 nitrogen and oxygen atoms in total. The monoisotopic (exact) mass is 469 g/mol. The van der Waals surface area contributed by atoms with Gasteiger partial charge in [0.05, 0.1) is 21.6 Å². The molecular weight excluding hydrogens is 446 g/mol. The number of amides is 1. The van der Waals surface area contributed by atoms with Crippen LogP contribution in [0.2, 0.25) is 0 Å². The highest BCUT2D eigenvalue weighted by Crippen LogP contribution is 2.27. The van der Waals surface area contributed by atoms with Crippen LogP contribution in [-0.2, 0) is 14.8 Å². The lowest BCUT2D eigenvalue weighted by molar-refractivity contribution is -0.384. The standard InChI is InChI=1S/C23H23N3O6S/c1-17(2)32-21-11-6-8-18(14-21)24-23(27)16-25(19-9-7-10-20(15-19)26(28)29)33(30,31)22-12-4-3-5-13-22/h3-15,17H,16H2,1-2H3,(H,24,27). The van der Waals surface area contributed by atoms with Crippen LogP contribution in [0.25, 0.3) is 0 Å². The summed E-state index contributed by atoms with van der Waals surface area (Å²) >= 11 is 0. The Morgan fingerprint density at radius 3 is 2.39 bits per heavy atom. The van der Waals surface area contributed by atoms with Gasteiger partial charge < -0.3 is 10.1 Å². The third-order valence-corrected chi connectivity index (χ3v) is 6.22. The molecular formula is C23H23N3O6S. The molecule has 0 saturated heterocycles. The molecule has 0 aliphatic carbocycles. The average Bonchev–Trinajstić information content (AvgIpc) is 2.78. The Morgan fingerprint density at radius 2 is 1.73 bits per heavy atom. The number of nitro benzene ring substituents is 1. The Kier molecular flexibility index (Phi) is 7.29. The summed E-state index contributed by atoms with van der Waals surface area (Å²) in [6, 6.07) is 19.4.